The van der Waals surface area contributed by atoms with Crippen LogP contribution in [0.5, 0.6) is 5.75 Å². The van der Waals surface area contributed by atoms with Gasteiger partial charge in [0.25, 0.3) is 0 Å². The van der Waals surface area contributed by atoms with Gasteiger partial charge in [0.15, 0.2) is 17.5 Å². The Bertz CT molecular complexity index is 1140. The number of aromatic nitrogens is 2. The van der Waals surface area contributed by atoms with Crippen LogP contribution in [0.4, 0.5) is 24.7 Å². The van der Waals surface area contributed by atoms with Crippen molar-refractivity contribution in [1.29, 1.82) is 0 Å². The molecule has 1 aromatic heterocycles. The van der Waals surface area contributed by atoms with Crippen molar-refractivity contribution in [2.45, 2.75) is 12.5 Å². The number of benzene rings is 2. The van der Waals surface area contributed by atoms with Crippen molar-refractivity contribution >= 4 is 23.3 Å². The first kappa shape index (κ1) is 19.5. The Hall–Kier alpha value is -3.82. The van der Waals surface area contributed by atoms with Crippen LogP contribution in [0, 0.1) is 17.5 Å². The van der Waals surface area contributed by atoms with E-state index in [1.54, 1.807) is 24.3 Å². The maximum atomic E-state index is 13.9. The zero-order valence-electron chi connectivity index (χ0n) is 15.6. The molecule has 3 aromatic rings. The molecule has 4 rings (SSSR count). The number of hydrogen-bond acceptors (Lipinski definition) is 4. The highest BCUT2D eigenvalue weighted by molar-refractivity contribution is 6.03. The van der Waals surface area contributed by atoms with Crippen molar-refractivity contribution in [2.24, 2.45) is 0 Å². The van der Waals surface area contributed by atoms with Crippen molar-refractivity contribution in [3.05, 3.63) is 60.0 Å². The number of methoxy groups -OCH3 is 1. The Balaban J connectivity index is 1.65. The number of hydrogen-bond donors (Lipinski definition) is 2. The number of carbonyl (C=O) groups excluding carboxylic acids is 2. The van der Waals surface area contributed by atoms with Gasteiger partial charge >= 0.3 is 0 Å². The number of ether oxygens (including phenoxy) is 1. The molecule has 154 valence electrons. The third kappa shape index (κ3) is 3.36. The lowest BCUT2D eigenvalue weighted by molar-refractivity contribution is -0.125. The number of nitrogens with one attached hydrogen (secondary N) is 2. The maximum Gasteiger partial charge on any atom is 0.249 e. The predicted octanol–water partition coefficient (Wildman–Crippen LogP) is 3.50. The van der Waals surface area contributed by atoms with Crippen LogP contribution in [-0.2, 0) is 9.59 Å². The van der Waals surface area contributed by atoms with Gasteiger partial charge in [-0.1, -0.05) is 12.1 Å². The zero-order chi connectivity index (χ0) is 21.4. The van der Waals surface area contributed by atoms with Crippen LogP contribution >= 0.6 is 0 Å². The van der Waals surface area contributed by atoms with E-state index in [1.165, 1.54) is 18.0 Å². The summed E-state index contributed by atoms with van der Waals surface area (Å²) in [6.45, 7) is 0. The Morgan fingerprint density at radius 1 is 1.17 bits per heavy atom. The van der Waals surface area contributed by atoms with Crippen LogP contribution in [-0.4, -0.2) is 28.7 Å². The maximum absolute atomic E-state index is 13.9. The van der Waals surface area contributed by atoms with E-state index >= 15 is 0 Å². The molecule has 1 aliphatic rings. The minimum absolute atomic E-state index is 0.256. The molecule has 0 spiro atoms. The molecule has 0 bridgehead atoms. The minimum atomic E-state index is -1.70. The molecule has 2 amide bonds. The highest BCUT2D eigenvalue weighted by atomic mass is 19.2. The molecule has 0 unspecified atom stereocenters. The summed E-state index contributed by atoms with van der Waals surface area (Å²) in [7, 11) is 1.54. The van der Waals surface area contributed by atoms with Gasteiger partial charge in [-0.15, -0.1) is 0 Å². The average molecular weight is 416 g/mol. The fraction of sp³-hybridized carbons (Fsp3) is 0.150. The topological polar surface area (TPSA) is 85.2 Å². The number of carbonyl (C=O) groups is 2. The normalized spacial score (nSPS) is 15.3. The highest BCUT2D eigenvalue weighted by Crippen LogP contribution is 2.35. The standard InChI is InChI=1S/C20H15F3N4O3/c1-30-11-4-2-10(3-5-11)12-9-24-27-15(8-16(28)26-19(12)27)20(29)25-14-7-6-13(21)17(22)18(14)23/h2-7,9,15H,8H2,1H3,(H,25,29)(H,26,28)/t15-/m0/s1. The summed E-state index contributed by atoms with van der Waals surface area (Å²) in [4.78, 5) is 24.9. The summed E-state index contributed by atoms with van der Waals surface area (Å²) in [5, 5.41) is 9.06. The fourth-order valence-electron chi connectivity index (χ4n) is 3.19. The predicted molar refractivity (Wildman–Crippen MR) is 101 cm³/mol. The third-order valence-electron chi connectivity index (χ3n) is 4.72. The largest absolute Gasteiger partial charge is 0.497 e. The van der Waals surface area contributed by atoms with Crippen molar-refractivity contribution in [1.82, 2.24) is 9.78 Å². The van der Waals surface area contributed by atoms with E-state index in [2.05, 4.69) is 15.7 Å². The first-order chi connectivity index (χ1) is 14.4. The van der Waals surface area contributed by atoms with Gasteiger partial charge in [0, 0.05) is 5.56 Å². The van der Waals surface area contributed by atoms with Gasteiger partial charge in [-0.05, 0) is 29.8 Å². The van der Waals surface area contributed by atoms with Crippen LogP contribution < -0.4 is 15.4 Å². The van der Waals surface area contributed by atoms with Crippen LogP contribution in [0.15, 0.2) is 42.6 Å². The number of fused-ring (bicyclic) bond motifs is 1. The molecule has 0 radical (unpaired) electrons. The Morgan fingerprint density at radius 3 is 2.60 bits per heavy atom. The van der Waals surface area contributed by atoms with Crippen molar-refractivity contribution in [2.75, 3.05) is 17.7 Å². The average Bonchev–Trinajstić information content (AvgIpc) is 3.17. The van der Waals surface area contributed by atoms with E-state index in [0.29, 0.717) is 23.2 Å². The first-order valence-electron chi connectivity index (χ1n) is 8.85. The van der Waals surface area contributed by atoms with Gasteiger partial charge in [0.1, 0.15) is 17.6 Å². The number of rotatable bonds is 4. The number of anilines is 2. The molecule has 10 heteroatoms. The number of nitrogens with zero attached hydrogens (tertiary/aromatic N) is 2. The van der Waals surface area contributed by atoms with Gasteiger partial charge < -0.3 is 15.4 Å². The molecule has 2 aromatic carbocycles. The summed E-state index contributed by atoms with van der Waals surface area (Å²) in [5.41, 5.74) is 0.765. The SMILES string of the molecule is COc1ccc(-c2cnn3c2NC(=O)C[C@H]3C(=O)Nc2ccc(F)c(F)c2F)cc1. The van der Waals surface area contributed by atoms with Gasteiger partial charge in [-0.2, -0.15) is 5.10 Å². The molecule has 2 N–H and O–H groups in total. The highest BCUT2D eigenvalue weighted by Gasteiger charge is 2.33. The Labute approximate surface area is 168 Å². The molecule has 1 atom stereocenters. The van der Waals surface area contributed by atoms with E-state index in [4.69, 9.17) is 4.74 Å². The lowest BCUT2D eigenvalue weighted by Gasteiger charge is -2.24. The van der Waals surface area contributed by atoms with Gasteiger partial charge in [-0.3, -0.25) is 9.59 Å². The minimum Gasteiger partial charge on any atom is -0.497 e. The van der Waals surface area contributed by atoms with Crippen LogP contribution in [0.3, 0.4) is 0 Å². The molecule has 1 aliphatic heterocycles. The van der Waals surface area contributed by atoms with Gasteiger partial charge in [0.2, 0.25) is 11.8 Å². The third-order valence-corrected chi connectivity index (χ3v) is 4.72. The lowest BCUT2D eigenvalue weighted by atomic mass is 10.1. The van der Waals surface area contributed by atoms with Gasteiger partial charge in [0.05, 0.1) is 25.4 Å². The Morgan fingerprint density at radius 2 is 1.90 bits per heavy atom. The van der Waals surface area contributed by atoms with E-state index in [0.717, 1.165) is 11.6 Å². The molecular formula is C20H15F3N4O3. The van der Waals surface area contributed by atoms with Crippen LogP contribution in [0.1, 0.15) is 12.5 Å². The second-order valence-electron chi connectivity index (χ2n) is 6.56. The molecule has 0 fully saturated rings. The number of amides is 2. The van der Waals surface area contributed by atoms with Gasteiger partial charge in [-0.25, -0.2) is 17.9 Å². The Kier molecular flexibility index (Phi) is 4.90. The molecule has 0 saturated carbocycles. The lowest BCUT2D eigenvalue weighted by Crippen LogP contribution is -2.36. The molecule has 2 heterocycles. The molecule has 30 heavy (non-hydrogen) atoms. The van der Waals surface area contributed by atoms with Crippen molar-refractivity contribution in [3.8, 4) is 16.9 Å². The van der Waals surface area contributed by atoms with E-state index in [-0.39, 0.29) is 6.42 Å². The summed E-state index contributed by atoms with van der Waals surface area (Å²) in [5.74, 6) is -4.89. The van der Waals surface area contributed by atoms with Crippen LogP contribution in [0.2, 0.25) is 0 Å². The number of halogens is 3. The molecule has 0 saturated heterocycles. The summed E-state index contributed by atoms with van der Waals surface area (Å²) >= 11 is 0. The van der Waals surface area contributed by atoms with Crippen LogP contribution in [0.25, 0.3) is 11.1 Å². The second-order valence-corrected chi connectivity index (χ2v) is 6.56. The quantitative estimate of drug-likeness (QED) is 0.638. The van der Waals surface area contributed by atoms with Crippen molar-refractivity contribution in [3.63, 3.8) is 0 Å². The fourth-order valence-corrected chi connectivity index (χ4v) is 3.19. The smallest absolute Gasteiger partial charge is 0.249 e. The zero-order valence-corrected chi connectivity index (χ0v) is 15.6. The van der Waals surface area contributed by atoms with Crippen molar-refractivity contribution < 1.29 is 27.5 Å². The first-order valence-corrected chi connectivity index (χ1v) is 8.85. The molecule has 7 nitrogen and oxygen atoms in total. The monoisotopic (exact) mass is 416 g/mol. The summed E-state index contributed by atoms with van der Waals surface area (Å²) < 4.78 is 46.9. The molecule has 0 aliphatic carbocycles. The van der Waals surface area contributed by atoms with E-state index in [9.17, 15) is 22.8 Å². The summed E-state index contributed by atoms with van der Waals surface area (Å²) in [6, 6.07) is 7.50. The summed E-state index contributed by atoms with van der Waals surface area (Å²) in [6.07, 6.45) is 1.23. The van der Waals surface area contributed by atoms with E-state index in [1.807, 2.05) is 0 Å². The van der Waals surface area contributed by atoms with E-state index < -0.39 is 41.0 Å². The second kappa shape index (κ2) is 7.54. The molecular weight excluding hydrogens is 401 g/mol.